The number of benzene rings is 1. The minimum atomic E-state index is -0.200. The van der Waals surface area contributed by atoms with E-state index in [0.717, 1.165) is 15.8 Å². The van der Waals surface area contributed by atoms with Gasteiger partial charge in [0.1, 0.15) is 11.5 Å². The molecule has 98 valence electrons. The van der Waals surface area contributed by atoms with E-state index in [0.29, 0.717) is 19.6 Å². The van der Waals surface area contributed by atoms with Gasteiger partial charge in [0.25, 0.3) is 0 Å². The number of rotatable bonds is 4. The van der Waals surface area contributed by atoms with E-state index in [9.17, 15) is 4.79 Å². The number of carbonyl (C=O) groups excluding carboxylic acids is 1. The van der Waals surface area contributed by atoms with E-state index in [1.165, 1.54) is 0 Å². The Morgan fingerprint density at radius 2 is 2.33 bits per heavy atom. The molecule has 1 fully saturated rings. The molecule has 2 atom stereocenters. The molecule has 1 aromatic rings. The summed E-state index contributed by atoms with van der Waals surface area (Å²) in [6.07, 6.45) is 0.324. The molecule has 0 bridgehead atoms. The van der Waals surface area contributed by atoms with Gasteiger partial charge in [0.2, 0.25) is 0 Å². The van der Waals surface area contributed by atoms with Gasteiger partial charge in [-0.2, -0.15) is 0 Å². The van der Waals surface area contributed by atoms with Crippen molar-refractivity contribution in [3.63, 3.8) is 0 Å². The lowest BCUT2D eigenvalue weighted by Gasteiger charge is -2.13. The van der Waals surface area contributed by atoms with E-state index >= 15 is 0 Å². The second kappa shape index (κ2) is 5.82. The second-order valence-electron chi connectivity index (χ2n) is 4.41. The Labute approximate surface area is 115 Å². The van der Waals surface area contributed by atoms with Gasteiger partial charge in [0.05, 0.1) is 26.2 Å². The van der Waals surface area contributed by atoms with Crippen LogP contribution in [0.15, 0.2) is 22.7 Å². The number of hydrogen-bond donors (Lipinski definition) is 1. The highest BCUT2D eigenvalue weighted by Gasteiger charge is 2.31. The van der Waals surface area contributed by atoms with Gasteiger partial charge < -0.3 is 15.2 Å². The van der Waals surface area contributed by atoms with Crippen LogP contribution < -0.4 is 10.5 Å². The number of halogens is 1. The fraction of sp³-hybridized carbons (Fsp3) is 0.462. The molecule has 4 nitrogen and oxygen atoms in total. The van der Waals surface area contributed by atoms with Crippen LogP contribution in [-0.2, 0) is 16.0 Å². The summed E-state index contributed by atoms with van der Waals surface area (Å²) >= 11 is 3.39. The molecule has 0 aromatic heterocycles. The number of ketones is 1. The summed E-state index contributed by atoms with van der Waals surface area (Å²) in [5.41, 5.74) is 6.72. The zero-order chi connectivity index (χ0) is 13.1. The van der Waals surface area contributed by atoms with Crippen LogP contribution in [-0.4, -0.2) is 32.1 Å². The van der Waals surface area contributed by atoms with Gasteiger partial charge >= 0.3 is 0 Å². The van der Waals surface area contributed by atoms with Gasteiger partial charge in [-0.05, 0) is 18.2 Å². The van der Waals surface area contributed by atoms with Gasteiger partial charge in [-0.15, -0.1) is 0 Å². The highest BCUT2D eigenvalue weighted by molar-refractivity contribution is 9.10. The molecule has 1 aliphatic heterocycles. The summed E-state index contributed by atoms with van der Waals surface area (Å²) in [5.74, 6) is 0.629. The largest absolute Gasteiger partial charge is 0.496 e. The fourth-order valence-corrected chi connectivity index (χ4v) is 2.52. The number of nitrogens with two attached hydrogens (primary N) is 1. The van der Waals surface area contributed by atoms with Crippen molar-refractivity contribution in [2.75, 3.05) is 20.3 Å². The molecule has 0 amide bonds. The van der Waals surface area contributed by atoms with Crippen LogP contribution in [0.5, 0.6) is 5.75 Å². The van der Waals surface area contributed by atoms with Gasteiger partial charge in [-0.25, -0.2) is 0 Å². The van der Waals surface area contributed by atoms with E-state index in [2.05, 4.69) is 15.9 Å². The minimum Gasteiger partial charge on any atom is -0.496 e. The van der Waals surface area contributed by atoms with E-state index in [1.54, 1.807) is 7.11 Å². The van der Waals surface area contributed by atoms with Crippen molar-refractivity contribution in [2.45, 2.75) is 12.5 Å². The first kappa shape index (κ1) is 13.5. The van der Waals surface area contributed by atoms with Crippen LogP contribution in [0.25, 0.3) is 0 Å². The Morgan fingerprint density at radius 3 is 2.94 bits per heavy atom. The smallest absolute Gasteiger partial charge is 0.144 e. The Bertz CT molecular complexity index is 450. The van der Waals surface area contributed by atoms with E-state index in [4.69, 9.17) is 15.2 Å². The molecule has 2 unspecified atom stereocenters. The zero-order valence-corrected chi connectivity index (χ0v) is 11.8. The van der Waals surface area contributed by atoms with Crippen LogP contribution in [0, 0.1) is 5.92 Å². The Morgan fingerprint density at radius 1 is 1.56 bits per heavy atom. The molecule has 1 saturated heterocycles. The quantitative estimate of drug-likeness (QED) is 0.916. The third-order valence-electron chi connectivity index (χ3n) is 3.15. The number of hydrogen-bond acceptors (Lipinski definition) is 4. The summed E-state index contributed by atoms with van der Waals surface area (Å²) in [6, 6.07) is 5.45. The SMILES string of the molecule is COc1ccc(Br)cc1CC(=O)C1COCC1N. The highest BCUT2D eigenvalue weighted by atomic mass is 79.9. The van der Waals surface area contributed by atoms with E-state index in [1.807, 2.05) is 18.2 Å². The van der Waals surface area contributed by atoms with Gasteiger partial charge in [0, 0.05) is 22.5 Å². The molecule has 0 spiro atoms. The van der Waals surface area contributed by atoms with E-state index in [-0.39, 0.29) is 17.7 Å². The van der Waals surface area contributed by atoms with Crippen LogP contribution in [0.4, 0.5) is 0 Å². The Balaban J connectivity index is 2.13. The summed E-state index contributed by atoms with van der Waals surface area (Å²) in [6.45, 7) is 0.891. The Hall–Kier alpha value is -0.910. The van der Waals surface area contributed by atoms with Crippen molar-refractivity contribution in [3.8, 4) is 5.75 Å². The third kappa shape index (κ3) is 2.91. The average molecular weight is 314 g/mol. The second-order valence-corrected chi connectivity index (χ2v) is 5.32. The molecule has 18 heavy (non-hydrogen) atoms. The maximum atomic E-state index is 12.2. The van der Waals surface area contributed by atoms with Crippen molar-refractivity contribution in [2.24, 2.45) is 11.7 Å². The number of methoxy groups -OCH3 is 1. The van der Waals surface area contributed by atoms with Crippen LogP contribution in [0.1, 0.15) is 5.56 Å². The molecular formula is C13H16BrNO3. The molecule has 0 radical (unpaired) electrons. The van der Waals surface area contributed by atoms with Crippen molar-refractivity contribution >= 4 is 21.7 Å². The normalized spacial score (nSPS) is 23.1. The molecule has 0 aliphatic carbocycles. The van der Waals surface area contributed by atoms with E-state index < -0.39 is 0 Å². The van der Waals surface area contributed by atoms with Crippen LogP contribution >= 0.6 is 15.9 Å². The number of Topliss-reactive ketones (excluding diaryl/α,β-unsaturated/α-hetero) is 1. The molecule has 1 aliphatic rings. The van der Waals surface area contributed by atoms with Crippen LogP contribution in [0.2, 0.25) is 0 Å². The monoisotopic (exact) mass is 313 g/mol. The van der Waals surface area contributed by atoms with Gasteiger partial charge in [0.15, 0.2) is 0 Å². The highest BCUT2D eigenvalue weighted by Crippen LogP contribution is 2.25. The first-order valence-electron chi connectivity index (χ1n) is 5.80. The molecule has 0 saturated carbocycles. The standard InChI is InChI=1S/C13H16BrNO3/c1-17-13-3-2-9(14)4-8(13)5-12(16)10-6-18-7-11(10)15/h2-4,10-11H,5-7,15H2,1H3. The first-order chi connectivity index (χ1) is 8.61. The topological polar surface area (TPSA) is 61.5 Å². The summed E-state index contributed by atoms with van der Waals surface area (Å²) < 4.78 is 11.4. The van der Waals surface area contributed by atoms with Gasteiger partial charge in [-0.3, -0.25) is 4.79 Å². The molecular weight excluding hydrogens is 298 g/mol. The summed E-state index contributed by atoms with van der Waals surface area (Å²) in [5, 5.41) is 0. The van der Waals surface area contributed by atoms with Crippen molar-refractivity contribution in [1.82, 2.24) is 0 Å². The molecule has 5 heteroatoms. The number of ether oxygens (including phenoxy) is 2. The third-order valence-corrected chi connectivity index (χ3v) is 3.64. The van der Waals surface area contributed by atoms with Crippen molar-refractivity contribution < 1.29 is 14.3 Å². The lowest BCUT2D eigenvalue weighted by atomic mass is 9.94. The molecule has 1 aromatic carbocycles. The Kier molecular flexibility index (Phi) is 4.37. The number of carbonyl (C=O) groups is 1. The maximum absolute atomic E-state index is 12.2. The van der Waals surface area contributed by atoms with Crippen molar-refractivity contribution in [1.29, 1.82) is 0 Å². The summed E-state index contributed by atoms with van der Waals surface area (Å²) in [7, 11) is 1.60. The van der Waals surface area contributed by atoms with Crippen LogP contribution in [0.3, 0.4) is 0 Å². The zero-order valence-electron chi connectivity index (χ0n) is 10.2. The molecule has 2 rings (SSSR count). The van der Waals surface area contributed by atoms with Crippen molar-refractivity contribution in [3.05, 3.63) is 28.2 Å². The lowest BCUT2D eigenvalue weighted by molar-refractivity contribution is -0.122. The molecule has 2 N–H and O–H groups in total. The fourth-order valence-electron chi connectivity index (χ4n) is 2.11. The first-order valence-corrected chi connectivity index (χ1v) is 6.59. The predicted molar refractivity (Wildman–Crippen MR) is 71.7 cm³/mol. The predicted octanol–water partition coefficient (Wildman–Crippen LogP) is 1.54. The molecule has 1 heterocycles. The lowest BCUT2D eigenvalue weighted by Crippen LogP contribution is -2.34. The maximum Gasteiger partial charge on any atom is 0.144 e. The van der Waals surface area contributed by atoms with Gasteiger partial charge in [-0.1, -0.05) is 15.9 Å². The average Bonchev–Trinajstić information content (AvgIpc) is 2.76. The summed E-state index contributed by atoms with van der Waals surface area (Å²) in [4.78, 5) is 12.2. The minimum absolute atomic E-state index is 0.108.